The number of alkyl halides is 2. The molecular formula is C30H25F2N3O4S. The fourth-order valence-electron chi connectivity index (χ4n) is 4.28. The molecule has 7 nitrogen and oxygen atoms in total. The third-order valence-corrected chi connectivity index (χ3v) is 6.98. The summed E-state index contributed by atoms with van der Waals surface area (Å²) in [5.41, 5.74) is 4.01. The largest absolute Gasteiger partial charge is 0.467 e. The number of amides is 1. The van der Waals surface area contributed by atoms with Crippen molar-refractivity contribution in [3.63, 3.8) is 0 Å². The Labute approximate surface area is 233 Å². The highest BCUT2D eigenvalue weighted by molar-refractivity contribution is 7.99. The van der Waals surface area contributed by atoms with E-state index in [9.17, 15) is 18.4 Å². The van der Waals surface area contributed by atoms with Crippen molar-refractivity contribution < 1.29 is 27.5 Å². The van der Waals surface area contributed by atoms with E-state index >= 15 is 0 Å². The van der Waals surface area contributed by atoms with Crippen LogP contribution in [0.2, 0.25) is 0 Å². The van der Waals surface area contributed by atoms with Gasteiger partial charge in [0, 0.05) is 17.0 Å². The molecule has 0 fully saturated rings. The summed E-state index contributed by atoms with van der Waals surface area (Å²) in [6.45, 7) is 1.48. The highest BCUT2D eigenvalue weighted by Crippen LogP contribution is 2.33. The molecule has 10 heteroatoms. The van der Waals surface area contributed by atoms with E-state index in [1.54, 1.807) is 60.7 Å². The first-order valence-electron chi connectivity index (χ1n) is 12.5. The zero-order valence-electron chi connectivity index (χ0n) is 21.4. The second kappa shape index (κ2) is 12.2. The Hall–Kier alpha value is -4.44. The van der Waals surface area contributed by atoms with Gasteiger partial charge in [0.25, 0.3) is 11.7 Å². The van der Waals surface area contributed by atoms with Crippen LogP contribution in [0, 0.1) is 6.92 Å². The van der Waals surface area contributed by atoms with Crippen molar-refractivity contribution in [1.82, 2.24) is 5.01 Å². The minimum absolute atomic E-state index is 0.217. The van der Waals surface area contributed by atoms with Gasteiger partial charge in [0.15, 0.2) is 6.61 Å². The topological polar surface area (TPSA) is 84.1 Å². The third-order valence-electron chi connectivity index (χ3n) is 6.25. The number of anilines is 2. The number of hydrazone groups is 1. The molecule has 1 aliphatic rings. The monoisotopic (exact) mass is 561 g/mol. The van der Waals surface area contributed by atoms with Gasteiger partial charge in [-0.15, -0.1) is 0 Å². The van der Waals surface area contributed by atoms with Crippen molar-refractivity contribution in [2.24, 2.45) is 5.10 Å². The first-order valence-corrected chi connectivity index (χ1v) is 13.3. The number of benzene rings is 3. The van der Waals surface area contributed by atoms with Crippen LogP contribution in [0.15, 0.2) is 106 Å². The van der Waals surface area contributed by atoms with Crippen molar-refractivity contribution in [2.45, 2.75) is 30.0 Å². The van der Waals surface area contributed by atoms with Gasteiger partial charge in [-0.1, -0.05) is 53.7 Å². The summed E-state index contributed by atoms with van der Waals surface area (Å²) in [6.07, 6.45) is 1.99. The number of furan rings is 1. The van der Waals surface area contributed by atoms with Gasteiger partial charge >= 0.3 is 5.97 Å². The Kier molecular flexibility index (Phi) is 8.26. The lowest BCUT2D eigenvalue weighted by atomic mass is 10.0. The maximum atomic E-state index is 13.2. The zero-order valence-corrected chi connectivity index (χ0v) is 22.2. The number of rotatable bonds is 9. The second-order valence-electron chi connectivity index (χ2n) is 9.04. The number of nitrogens with zero attached hydrogens (tertiary/aromatic N) is 2. The van der Waals surface area contributed by atoms with Gasteiger partial charge in [-0.25, -0.2) is 9.80 Å². The molecule has 1 unspecified atom stereocenters. The highest BCUT2D eigenvalue weighted by Gasteiger charge is 2.35. The fraction of sp³-hybridized carbons (Fsp3) is 0.167. The van der Waals surface area contributed by atoms with Crippen LogP contribution in [-0.2, 0) is 9.53 Å². The van der Waals surface area contributed by atoms with E-state index in [-0.39, 0.29) is 5.56 Å². The number of hydrogen-bond acceptors (Lipinski definition) is 7. The third kappa shape index (κ3) is 6.40. The van der Waals surface area contributed by atoms with Crippen molar-refractivity contribution >= 4 is 40.7 Å². The molecule has 0 saturated heterocycles. The number of aryl methyl sites for hydroxylation is 1. The molecule has 0 spiro atoms. The average Bonchev–Trinajstić information content (AvgIpc) is 3.64. The molecule has 0 radical (unpaired) electrons. The molecule has 4 aromatic rings. The first-order chi connectivity index (χ1) is 19.4. The van der Waals surface area contributed by atoms with Crippen LogP contribution in [-0.4, -0.2) is 35.0 Å². The van der Waals surface area contributed by atoms with Gasteiger partial charge in [0.1, 0.15) is 11.8 Å². The van der Waals surface area contributed by atoms with Gasteiger partial charge in [-0.05, 0) is 61.0 Å². The van der Waals surface area contributed by atoms with E-state index in [4.69, 9.17) is 9.15 Å². The first kappa shape index (κ1) is 27.1. The van der Waals surface area contributed by atoms with Gasteiger partial charge in [0.2, 0.25) is 0 Å². The number of nitrogens with one attached hydrogen (secondary N) is 1. The van der Waals surface area contributed by atoms with Gasteiger partial charge < -0.3 is 14.5 Å². The maximum absolute atomic E-state index is 13.2. The van der Waals surface area contributed by atoms with Gasteiger partial charge in [-0.2, -0.15) is 13.9 Å². The quantitative estimate of drug-likeness (QED) is 0.172. The fourth-order valence-corrected chi connectivity index (χ4v) is 4.78. The van der Waals surface area contributed by atoms with E-state index in [0.717, 1.165) is 16.8 Å². The molecule has 5 rings (SSSR count). The van der Waals surface area contributed by atoms with Crippen molar-refractivity contribution in [3.8, 4) is 0 Å². The molecule has 40 heavy (non-hydrogen) atoms. The molecule has 1 aromatic heterocycles. The number of esters is 1. The average molecular weight is 562 g/mol. The smallest absolute Gasteiger partial charge is 0.340 e. The Morgan fingerprint density at radius 1 is 1.05 bits per heavy atom. The van der Waals surface area contributed by atoms with Crippen LogP contribution >= 0.6 is 11.8 Å². The van der Waals surface area contributed by atoms with Gasteiger partial charge in [-0.3, -0.25) is 4.79 Å². The molecule has 1 atom stereocenters. The Balaban J connectivity index is 1.28. The van der Waals surface area contributed by atoms with Crippen LogP contribution in [0.25, 0.3) is 0 Å². The molecule has 1 aliphatic heterocycles. The summed E-state index contributed by atoms with van der Waals surface area (Å²) < 4.78 is 36.2. The molecule has 1 amide bonds. The number of halogens is 2. The SMILES string of the molecule is Cc1ccc(C2=NN(C(=O)COC(=O)c3ccccc3Nc3ccc(SC(F)F)cc3)C(c3ccco3)C2)cc1. The number of ether oxygens (including phenoxy) is 1. The molecule has 0 saturated carbocycles. The molecule has 204 valence electrons. The van der Waals surface area contributed by atoms with E-state index in [1.807, 2.05) is 31.2 Å². The molecule has 2 heterocycles. The van der Waals surface area contributed by atoms with Gasteiger partial charge in [0.05, 0.1) is 23.2 Å². The van der Waals surface area contributed by atoms with Crippen LogP contribution in [0.4, 0.5) is 20.2 Å². The maximum Gasteiger partial charge on any atom is 0.340 e. The summed E-state index contributed by atoms with van der Waals surface area (Å²) in [7, 11) is 0. The number of para-hydroxylation sites is 1. The minimum atomic E-state index is -2.51. The van der Waals surface area contributed by atoms with Crippen molar-refractivity contribution in [1.29, 1.82) is 0 Å². The lowest BCUT2D eigenvalue weighted by molar-refractivity contribution is -0.136. The predicted molar refractivity (Wildman–Crippen MR) is 149 cm³/mol. The Morgan fingerprint density at radius 3 is 2.50 bits per heavy atom. The summed E-state index contributed by atoms with van der Waals surface area (Å²) >= 11 is 0.453. The van der Waals surface area contributed by atoms with Crippen molar-refractivity contribution in [3.05, 3.63) is 114 Å². The molecule has 0 bridgehead atoms. The minimum Gasteiger partial charge on any atom is -0.467 e. The lowest BCUT2D eigenvalue weighted by Gasteiger charge is -2.20. The second-order valence-corrected chi connectivity index (χ2v) is 10.1. The molecule has 0 aliphatic carbocycles. The van der Waals surface area contributed by atoms with E-state index < -0.39 is 30.3 Å². The van der Waals surface area contributed by atoms with Crippen LogP contribution in [0.5, 0.6) is 0 Å². The Morgan fingerprint density at radius 2 is 1.80 bits per heavy atom. The molecule has 3 aromatic carbocycles. The summed E-state index contributed by atoms with van der Waals surface area (Å²) in [5.74, 6) is -3.11. The number of thioether (sulfide) groups is 1. The molecule has 1 N–H and O–H groups in total. The Bertz CT molecular complexity index is 1510. The normalized spacial score (nSPS) is 14.8. The number of carbonyl (C=O) groups excluding carboxylic acids is 2. The summed E-state index contributed by atoms with van der Waals surface area (Å²) in [5, 5.41) is 8.98. The van der Waals surface area contributed by atoms with Crippen molar-refractivity contribution in [2.75, 3.05) is 11.9 Å². The van der Waals surface area contributed by atoms with E-state index in [1.165, 1.54) is 11.3 Å². The molecular weight excluding hydrogens is 536 g/mol. The van der Waals surface area contributed by atoms with E-state index in [2.05, 4.69) is 10.4 Å². The standard InChI is InChI=1S/C30H25F2N3O4S/c1-19-8-10-20(11-9-19)25-17-26(27-7-4-16-38-27)35(34-25)28(36)18-39-29(37)23-5-2-3-6-24(23)33-21-12-14-22(15-13-21)40-30(31)32/h2-16,26,30,33H,17-18H2,1H3. The summed E-state index contributed by atoms with van der Waals surface area (Å²) in [6, 6.07) is 24.0. The van der Waals surface area contributed by atoms with E-state index in [0.29, 0.717) is 40.2 Å². The zero-order chi connectivity index (χ0) is 28.1. The number of carbonyl (C=O) groups is 2. The van der Waals surface area contributed by atoms with Crippen LogP contribution in [0.1, 0.15) is 39.7 Å². The van der Waals surface area contributed by atoms with Crippen LogP contribution in [0.3, 0.4) is 0 Å². The highest BCUT2D eigenvalue weighted by atomic mass is 32.2. The lowest BCUT2D eigenvalue weighted by Crippen LogP contribution is -2.31. The number of hydrogen-bond donors (Lipinski definition) is 1. The van der Waals surface area contributed by atoms with Crippen LogP contribution < -0.4 is 5.32 Å². The summed E-state index contributed by atoms with van der Waals surface area (Å²) in [4.78, 5) is 26.7. The predicted octanol–water partition coefficient (Wildman–Crippen LogP) is 7.18.